The normalized spacial score (nSPS) is 17.9. The minimum Gasteiger partial charge on any atom is -0.379 e. The van der Waals surface area contributed by atoms with Gasteiger partial charge in [-0.2, -0.15) is 0 Å². The monoisotopic (exact) mass is 461 g/mol. The Morgan fingerprint density at radius 2 is 1.55 bits per heavy atom. The molecule has 5 rings (SSSR count). The SMILES string of the molecule is O=C(c1sc(-c2ccccc2)nc1-c1ccccc1)N1CCC(CCN2CCOCC2)CC1. The number of piperidine rings is 1. The summed E-state index contributed by atoms with van der Waals surface area (Å²) in [5.74, 6) is 0.826. The number of carbonyl (C=O) groups excluding carboxylic acids is 1. The minimum atomic E-state index is 0.125. The second-order valence-electron chi connectivity index (χ2n) is 8.91. The van der Waals surface area contributed by atoms with Gasteiger partial charge in [0.2, 0.25) is 0 Å². The number of thiazole rings is 1. The fourth-order valence-corrected chi connectivity index (χ4v) is 5.78. The molecule has 2 aliphatic heterocycles. The fraction of sp³-hybridized carbons (Fsp3) is 0.407. The van der Waals surface area contributed by atoms with Gasteiger partial charge in [-0.3, -0.25) is 9.69 Å². The van der Waals surface area contributed by atoms with Crippen LogP contribution in [0.25, 0.3) is 21.8 Å². The summed E-state index contributed by atoms with van der Waals surface area (Å²) in [6, 6.07) is 20.2. The Balaban J connectivity index is 1.28. The molecule has 3 heterocycles. The van der Waals surface area contributed by atoms with Crippen LogP contribution in [0.15, 0.2) is 60.7 Å². The summed E-state index contributed by atoms with van der Waals surface area (Å²) in [7, 11) is 0. The molecule has 0 spiro atoms. The van der Waals surface area contributed by atoms with Gasteiger partial charge in [0.25, 0.3) is 5.91 Å². The van der Waals surface area contributed by atoms with Gasteiger partial charge in [-0.15, -0.1) is 11.3 Å². The van der Waals surface area contributed by atoms with Crippen molar-refractivity contribution in [2.45, 2.75) is 19.3 Å². The van der Waals surface area contributed by atoms with Crippen LogP contribution >= 0.6 is 11.3 Å². The van der Waals surface area contributed by atoms with Gasteiger partial charge in [-0.1, -0.05) is 60.7 Å². The maximum absolute atomic E-state index is 13.6. The quantitative estimate of drug-likeness (QED) is 0.515. The van der Waals surface area contributed by atoms with Gasteiger partial charge < -0.3 is 9.64 Å². The van der Waals surface area contributed by atoms with Crippen molar-refractivity contribution in [2.75, 3.05) is 45.9 Å². The van der Waals surface area contributed by atoms with Gasteiger partial charge >= 0.3 is 0 Å². The lowest BCUT2D eigenvalue weighted by Crippen LogP contribution is -2.40. The molecule has 6 heteroatoms. The second-order valence-corrected chi connectivity index (χ2v) is 9.91. The Kier molecular flexibility index (Phi) is 7.15. The van der Waals surface area contributed by atoms with E-state index in [1.807, 2.05) is 53.4 Å². The first-order chi connectivity index (χ1) is 16.3. The molecule has 0 bridgehead atoms. The van der Waals surface area contributed by atoms with Crippen molar-refractivity contribution in [2.24, 2.45) is 5.92 Å². The maximum Gasteiger partial charge on any atom is 0.266 e. The largest absolute Gasteiger partial charge is 0.379 e. The number of rotatable bonds is 6. The molecule has 1 amide bonds. The number of ether oxygens (including phenoxy) is 1. The van der Waals surface area contributed by atoms with E-state index in [0.717, 1.165) is 85.5 Å². The Hall–Kier alpha value is -2.54. The molecule has 0 radical (unpaired) electrons. The van der Waals surface area contributed by atoms with Crippen LogP contribution in [0.4, 0.5) is 0 Å². The zero-order valence-electron chi connectivity index (χ0n) is 19.0. The van der Waals surface area contributed by atoms with Gasteiger partial charge in [-0.25, -0.2) is 4.98 Å². The Labute approximate surface area is 200 Å². The summed E-state index contributed by atoms with van der Waals surface area (Å²) in [5, 5.41) is 0.901. The summed E-state index contributed by atoms with van der Waals surface area (Å²) >= 11 is 1.52. The lowest BCUT2D eigenvalue weighted by atomic mass is 9.93. The third-order valence-electron chi connectivity index (χ3n) is 6.75. The number of likely N-dealkylation sites (tertiary alicyclic amines) is 1. The molecule has 0 aliphatic carbocycles. The number of hydrogen-bond acceptors (Lipinski definition) is 5. The van der Waals surface area contributed by atoms with E-state index < -0.39 is 0 Å². The maximum atomic E-state index is 13.6. The molecule has 2 aliphatic rings. The summed E-state index contributed by atoms with van der Waals surface area (Å²) in [6.07, 6.45) is 3.39. The zero-order valence-corrected chi connectivity index (χ0v) is 19.8. The van der Waals surface area contributed by atoms with Crippen LogP contribution < -0.4 is 0 Å². The van der Waals surface area contributed by atoms with Crippen LogP contribution in [0, 0.1) is 5.92 Å². The highest BCUT2D eigenvalue weighted by molar-refractivity contribution is 7.17. The van der Waals surface area contributed by atoms with Crippen LogP contribution in [0.2, 0.25) is 0 Å². The van der Waals surface area contributed by atoms with E-state index in [4.69, 9.17) is 9.72 Å². The third-order valence-corrected chi connectivity index (χ3v) is 7.84. The van der Waals surface area contributed by atoms with E-state index in [-0.39, 0.29) is 5.91 Å². The number of benzene rings is 2. The molecule has 2 saturated heterocycles. The highest BCUT2D eigenvalue weighted by Crippen LogP contribution is 2.35. The number of aromatic nitrogens is 1. The third kappa shape index (κ3) is 5.35. The lowest BCUT2D eigenvalue weighted by Gasteiger charge is -2.34. The number of morpholine rings is 1. The first-order valence-corrected chi connectivity index (χ1v) is 12.8. The molecule has 0 unspecified atom stereocenters. The van der Waals surface area contributed by atoms with Crippen LogP contribution in [-0.4, -0.2) is 66.6 Å². The predicted octanol–water partition coefficient (Wildman–Crippen LogP) is 5.05. The minimum absolute atomic E-state index is 0.125. The molecular formula is C27H31N3O2S. The van der Waals surface area contributed by atoms with Crippen molar-refractivity contribution >= 4 is 17.2 Å². The van der Waals surface area contributed by atoms with E-state index in [1.165, 1.54) is 17.8 Å². The van der Waals surface area contributed by atoms with Crippen LogP contribution in [-0.2, 0) is 4.74 Å². The number of hydrogen-bond donors (Lipinski definition) is 0. The van der Waals surface area contributed by atoms with E-state index in [1.54, 1.807) is 0 Å². The fourth-order valence-electron chi connectivity index (χ4n) is 4.72. The summed E-state index contributed by atoms with van der Waals surface area (Å²) < 4.78 is 5.46. The molecular weight excluding hydrogens is 430 g/mol. The van der Waals surface area contributed by atoms with Gasteiger partial charge in [0.1, 0.15) is 9.88 Å². The van der Waals surface area contributed by atoms with Crippen LogP contribution in [0.1, 0.15) is 28.9 Å². The summed E-state index contributed by atoms with van der Waals surface area (Å²) in [6.45, 7) is 6.63. The molecule has 0 atom stereocenters. The van der Waals surface area contributed by atoms with Crippen molar-refractivity contribution in [1.82, 2.24) is 14.8 Å². The van der Waals surface area contributed by atoms with E-state index in [2.05, 4.69) is 17.0 Å². The van der Waals surface area contributed by atoms with Crippen LogP contribution in [0.3, 0.4) is 0 Å². The first kappa shape index (κ1) is 22.3. The van der Waals surface area contributed by atoms with E-state index in [0.29, 0.717) is 5.92 Å². The van der Waals surface area contributed by atoms with Gasteiger partial charge in [0.15, 0.2) is 0 Å². The Morgan fingerprint density at radius 3 is 2.21 bits per heavy atom. The molecule has 5 nitrogen and oxygen atoms in total. The molecule has 0 saturated carbocycles. The van der Waals surface area contributed by atoms with Gasteiger partial charge in [-0.05, 0) is 31.7 Å². The Morgan fingerprint density at radius 1 is 0.909 bits per heavy atom. The Bertz CT molecular complexity index is 1040. The summed E-state index contributed by atoms with van der Waals surface area (Å²) in [4.78, 5) is 23.9. The zero-order chi connectivity index (χ0) is 22.5. The number of nitrogens with zero attached hydrogens (tertiary/aromatic N) is 3. The summed E-state index contributed by atoms with van der Waals surface area (Å²) in [5.41, 5.74) is 2.86. The average molecular weight is 462 g/mol. The first-order valence-electron chi connectivity index (χ1n) is 12.0. The molecule has 3 aromatic rings. The number of amides is 1. The van der Waals surface area contributed by atoms with E-state index >= 15 is 0 Å². The molecule has 2 fully saturated rings. The predicted molar refractivity (Wildman–Crippen MR) is 133 cm³/mol. The van der Waals surface area contributed by atoms with Crippen molar-refractivity contribution in [3.8, 4) is 21.8 Å². The molecule has 1 aromatic heterocycles. The highest BCUT2D eigenvalue weighted by atomic mass is 32.1. The molecule has 0 N–H and O–H groups in total. The highest BCUT2D eigenvalue weighted by Gasteiger charge is 2.28. The van der Waals surface area contributed by atoms with Gasteiger partial charge in [0, 0.05) is 37.3 Å². The molecule has 2 aromatic carbocycles. The smallest absolute Gasteiger partial charge is 0.266 e. The standard InChI is InChI=1S/C27H31N3O2S/c31-27(30-15-12-21(13-16-30)11-14-29-17-19-32-20-18-29)25-24(22-7-3-1-4-8-22)28-26(33-25)23-9-5-2-6-10-23/h1-10,21H,11-20H2. The topological polar surface area (TPSA) is 45.7 Å². The van der Waals surface area contributed by atoms with Crippen molar-refractivity contribution in [3.63, 3.8) is 0 Å². The number of carbonyl (C=O) groups is 1. The van der Waals surface area contributed by atoms with Crippen molar-refractivity contribution in [3.05, 3.63) is 65.5 Å². The lowest BCUT2D eigenvalue weighted by molar-refractivity contribution is 0.0332. The molecule has 172 valence electrons. The second kappa shape index (κ2) is 10.6. The molecule has 33 heavy (non-hydrogen) atoms. The van der Waals surface area contributed by atoms with Crippen molar-refractivity contribution < 1.29 is 9.53 Å². The van der Waals surface area contributed by atoms with Gasteiger partial charge in [0.05, 0.1) is 18.9 Å². The van der Waals surface area contributed by atoms with E-state index in [9.17, 15) is 4.79 Å². The van der Waals surface area contributed by atoms with Crippen LogP contribution in [0.5, 0.6) is 0 Å². The average Bonchev–Trinajstić information content (AvgIpc) is 3.35. The van der Waals surface area contributed by atoms with Crippen molar-refractivity contribution in [1.29, 1.82) is 0 Å².